The fourth-order valence-electron chi connectivity index (χ4n) is 2.00. The summed E-state index contributed by atoms with van der Waals surface area (Å²) in [7, 11) is 0. The van der Waals surface area contributed by atoms with Gasteiger partial charge in [-0.25, -0.2) is 8.78 Å². The van der Waals surface area contributed by atoms with E-state index in [0.717, 1.165) is 27.9 Å². The molecule has 2 aromatic carbocycles. The van der Waals surface area contributed by atoms with Gasteiger partial charge in [0.25, 0.3) is 0 Å². The minimum absolute atomic E-state index is 0.166. The minimum atomic E-state index is -0.718. The zero-order valence-electron chi connectivity index (χ0n) is 12.5. The molecule has 0 spiro atoms. The summed E-state index contributed by atoms with van der Waals surface area (Å²) >= 11 is 3.44. The van der Waals surface area contributed by atoms with Crippen molar-refractivity contribution in [2.45, 2.75) is 6.92 Å². The highest BCUT2D eigenvalue weighted by Crippen LogP contribution is 2.26. The summed E-state index contributed by atoms with van der Waals surface area (Å²) in [6.07, 6.45) is 1.28. The number of hydrogen-bond acceptors (Lipinski definition) is 5. The van der Waals surface area contributed by atoms with Crippen molar-refractivity contribution in [2.75, 3.05) is 10.6 Å². The molecule has 24 heavy (non-hydrogen) atoms. The highest BCUT2D eigenvalue weighted by molar-refractivity contribution is 9.10. The first-order valence-corrected chi connectivity index (χ1v) is 7.76. The maximum atomic E-state index is 13.7. The second-order valence-electron chi connectivity index (χ2n) is 5.00. The number of aryl methyl sites for hydroxylation is 1. The van der Waals surface area contributed by atoms with Crippen LogP contribution in [0.5, 0.6) is 0 Å². The zero-order chi connectivity index (χ0) is 17.1. The first-order valence-electron chi connectivity index (χ1n) is 6.97. The fourth-order valence-corrected chi connectivity index (χ4v) is 2.60. The number of rotatable bonds is 4. The third-order valence-corrected chi connectivity index (χ3v) is 3.80. The third-order valence-electron chi connectivity index (χ3n) is 3.15. The van der Waals surface area contributed by atoms with Crippen LogP contribution < -0.4 is 10.6 Å². The molecule has 2 N–H and O–H groups in total. The van der Waals surface area contributed by atoms with E-state index in [1.54, 1.807) is 0 Å². The molecule has 0 aliphatic carbocycles. The lowest BCUT2D eigenvalue weighted by atomic mass is 10.2. The Kier molecular flexibility index (Phi) is 4.66. The number of aromatic nitrogens is 3. The molecular formula is C16H12BrF2N5. The molecule has 8 heteroatoms. The van der Waals surface area contributed by atoms with Gasteiger partial charge in [0, 0.05) is 4.47 Å². The van der Waals surface area contributed by atoms with Gasteiger partial charge in [-0.3, -0.25) is 0 Å². The first kappa shape index (κ1) is 16.3. The minimum Gasteiger partial charge on any atom is -0.334 e. The van der Waals surface area contributed by atoms with Crippen molar-refractivity contribution in [1.29, 1.82) is 0 Å². The molecule has 0 bridgehead atoms. The quantitative estimate of drug-likeness (QED) is 0.674. The molecule has 1 aromatic heterocycles. The maximum absolute atomic E-state index is 13.7. The molecule has 3 rings (SSSR count). The SMILES string of the molecule is Cc1ccc(Nc2nncc(Nc3c(F)cccc3F)n2)c(Br)c1. The van der Waals surface area contributed by atoms with Gasteiger partial charge in [0.1, 0.15) is 17.3 Å². The Bertz CT molecular complexity index is 868. The van der Waals surface area contributed by atoms with E-state index in [4.69, 9.17) is 0 Å². The van der Waals surface area contributed by atoms with Gasteiger partial charge in [0.2, 0.25) is 5.95 Å². The summed E-state index contributed by atoms with van der Waals surface area (Å²) in [5.74, 6) is -1.07. The Labute approximate surface area is 145 Å². The van der Waals surface area contributed by atoms with Crippen LogP contribution in [0, 0.1) is 18.6 Å². The van der Waals surface area contributed by atoms with Gasteiger partial charge < -0.3 is 10.6 Å². The monoisotopic (exact) mass is 391 g/mol. The molecule has 0 aliphatic heterocycles. The smallest absolute Gasteiger partial charge is 0.249 e. The summed E-state index contributed by atoms with van der Waals surface area (Å²) in [5, 5.41) is 13.2. The molecule has 0 unspecified atom stereocenters. The topological polar surface area (TPSA) is 62.7 Å². The van der Waals surface area contributed by atoms with Gasteiger partial charge in [-0.15, -0.1) is 5.10 Å². The summed E-state index contributed by atoms with van der Waals surface area (Å²) in [4.78, 5) is 4.16. The lowest BCUT2D eigenvalue weighted by Crippen LogP contribution is -2.04. The highest BCUT2D eigenvalue weighted by atomic mass is 79.9. The molecule has 0 aliphatic rings. The second kappa shape index (κ2) is 6.88. The van der Waals surface area contributed by atoms with Gasteiger partial charge in [0.15, 0.2) is 5.82 Å². The summed E-state index contributed by atoms with van der Waals surface area (Å²) in [6.45, 7) is 1.97. The van der Waals surface area contributed by atoms with E-state index in [-0.39, 0.29) is 17.5 Å². The van der Waals surface area contributed by atoms with Crippen molar-refractivity contribution in [1.82, 2.24) is 15.2 Å². The molecule has 122 valence electrons. The molecule has 3 aromatic rings. The molecule has 0 saturated carbocycles. The van der Waals surface area contributed by atoms with Crippen LogP contribution in [0.15, 0.2) is 47.1 Å². The zero-order valence-corrected chi connectivity index (χ0v) is 14.1. The van der Waals surface area contributed by atoms with Gasteiger partial charge >= 0.3 is 0 Å². The highest BCUT2D eigenvalue weighted by Gasteiger charge is 2.10. The summed E-state index contributed by atoms with van der Waals surface area (Å²) < 4.78 is 28.2. The van der Waals surface area contributed by atoms with Crippen LogP contribution in [0.1, 0.15) is 5.56 Å². The van der Waals surface area contributed by atoms with E-state index in [9.17, 15) is 8.78 Å². The van der Waals surface area contributed by atoms with Crippen molar-refractivity contribution >= 4 is 39.1 Å². The van der Waals surface area contributed by atoms with Crippen molar-refractivity contribution in [3.05, 3.63) is 64.3 Å². The third kappa shape index (κ3) is 3.65. The Morgan fingerprint density at radius 2 is 1.79 bits per heavy atom. The first-order chi connectivity index (χ1) is 11.5. The van der Waals surface area contributed by atoms with Crippen molar-refractivity contribution in [3.8, 4) is 0 Å². The van der Waals surface area contributed by atoms with E-state index in [1.165, 1.54) is 12.3 Å². The predicted octanol–water partition coefficient (Wildman–Crippen LogP) is 4.71. The maximum Gasteiger partial charge on any atom is 0.249 e. The van der Waals surface area contributed by atoms with Gasteiger partial charge in [-0.1, -0.05) is 12.1 Å². The fraction of sp³-hybridized carbons (Fsp3) is 0.0625. The van der Waals surface area contributed by atoms with Crippen LogP contribution in [-0.4, -0.2) is 15.2 Å². The summed E-state index contributed by atoms with van der Waals surface area (Å²) in [6, 6.07) is 9.32. The lowest BCUT2D eigenvalue weighted by Gasteiger charge is -2.10. The van der Waals surface area contributed by atoms with Crippen LogP contribution in [0.2, 0.25) is 0 Å². The van der Waals surface area contributed by atoms with Crippen LogP contribution in [0.25, 0.3) is 0 Å². The lowest BCUT2D eigenvalue weighted by molar-refractivity contribution is 0.590. The van der Waals surface area contributed by atoms with Crippen molar-refractivity contribution in [2.24, 2.45) is 0 Å². The number of anilines is 4. The number of hydrogen-bond donors (Lipinski definition) is 2. The van der Waals surface area contributed by atoms with E-state index in [1.807, 2.05) is 25.1 Å². The number of halogens is 3. The van der Waals surface area contributed by atoms with Crippen LogP contribution in [0.3, 0.4) is 0 Å². The summed E-state index contributed by atoms with van der Waals surface area (Å²) in [5.41, 5.74) is 1.55. The molecule has 1 heterocycles. The average molecular weight is 392 g/mol. The normalized spacial score (nSPS) is 10.5. The predicted molar refractivity (Wildman–Crippen MR) is 91.6 cm³/mol. The molecular weight excluding hydrogens is 380 g/mol. The standard InChI is InChI=1S/C16H12BrF2N5/c1-9-5-6-13(10(17)7-9)21-16-23-14(8-20-24-16)22-15-11(18)3-2-4-12(15)19/h2-8H,1H3,(H2,21,22,23,24). The van der Waals surface area contributed by atoms with Gasteiger partial charge in [-0.05, 0) is 52.7 Å². The Balaban J connectivity index is 1.84. The van der Waals surface area contributed by atoms with Crippen LogP contribution >= 0.6 is 15.9 Å². The number of para-hydroxylation sites is 1. The van der Waals surface area contributed by atoms with E-state index in [2.05, 4.69) is 41.7 Å². The molecule has 0 radical (unpaired) electrons. The molecule has 0 amide bonds. The second-order valence-corrected chi connectivity index (χ2v) is 5.85. The molecule has 0 saturated heterocycles. The van der Waals surface area contributed by atoms with Crippen molar-refractivity contribution < 1.29 is 8.78 Å². The molecule has 0 fully saturated rings. The molecule has 0 atom stereocenters. The largest absolute Gasteiger partial charge is 0.334 e. The van der Waals surface area contributed by atoms with E-state index < -0.39 is 11.6 Å². The average Bonchev–Trinajstić information content (AvgIpc) is 2.54. The van der Waals surface area contributed by atoms with Crippen LogP contribution in [-0.2, 0) is 0 Å². The Morgan fingerprint density at radius 1 is 1.04 bits per heavy atom. The number of nitrogens with zero attached hydrogens (tertiary/aromatic N) is 3. The Morgan fingerprint density at radius 3 is 2.50 bits per heavy atom. The van der Waals surface area contributed by atoms with E-state index >= 15 is 0 Å². The van der Waals surface area contributed by atoms with Gasteiger partial charge in [0.05, 0.1) is 11.9 Å². The van der Waals surface area contributed by atoms with Crippen LogP contribution in [0.4, 0.5) is 31.9 Å². The number of benzene rings is 2. The van der Waals surface area contributed by atoms with E-state index in [0.29, 0.717) is 0 Å². The van der Waals surface area contributed by atoms with Crippen molar-refractivity contribution in [3.63, 3.8) is 0 Å². The molecule has 5 nitrogen and oxygen atoms in total. The van der Waals surface area contributed by atoms with Gasteiger partial charge in [-0.2, -0.15) is 10.1 Å². The number of nitrogens with one attached hydrogen (secondary N) is 2. The Hall–Kier alpha value is -2.61.